The molecule has 0 aliphatic rings. The summed E-state index contributed by atoms with van der Waals surface area (Å²) in [6, 6.07) is 25.2. The van der Waals surface area contributed by atoms with Crippen molar-refractivity contribution in [1.29, 1.82) is 0 Å². The van der Waals surface area contributed by atoms with Crippen LogP contribution in [0.4, 0.5) is 11.4 Å². The predicted molar refractivity (Wildman–Crippen MR) is 105 cm³/mol. The highest BCUT2D eigenvalue weighted by Gasteiger charge is 2.01. The summed E-state index contributed by atoms with van der Waals surface area (Å²) in [5, 5.41) is 2.74. The number of nitrogens with zero attached hydrogens (tertiary/aromatic N) is 1. The van der Waals surface area contributed by atoms with E-state index in [1.54, 1.807) is 6.21 Å². The molecule has 0 fully saturated rings. The molecule has 0 aliphatic carbocycles. The second-order valence-corrected chi connectivity index (χ2v) is 5.80. The largest absolute Gasteiger partial charge is 0.488 e. The number of rotatable bonds is 6. The quantitative estimate of drug-likeness (QED) is 0.642. The van der Waals surface area contributed by atoms with Gasteiger partial charge >= 0.3 is 0 Å². The van der Waals surface area contributed by atoms with Gasteiger partial charge in [-0.25, -0.2) is 0 Å². The van der Waals surface area contributed by atoms with E-state index >= 15 is 0 Å². The highest BCUT2D eigenvalue weighted by molar-refractivity contribution is 5.89. The Bertz CT molecular complexity index is 888. The van der Waals surface area contributed by atoms with E-state index in [1.807, 2.05) is 78.9 Å². The van der Waals surface area contributed by atoms with E-state index in [4.69, 9.17) is 4.74 Å². The van der Waals surface area contributed by atoms with Gasteiger partial charge in [0, 0.05) is 24.4 Å². The normalized spacial score (nSPS) is 10.7. The van der Waals surface area contributed by atoms with Crippen LogP contribution < -0.4 is 10.1 Å². The van der Waals surface area contributed by atoms with Crippen molar-refractivity contribution in [3.05, 3.63) is 90.0 Å². The van der Waals surface area contributed by atoms with Crippen molar-refractivity contribution in [2.24, 2.45) is 4.99 Å². The smallest absolute Gasteiger partial charge is 0.221 e. The van der Waals surface area contributed by atoms with E-state index in [0.717, 1.165) is 28.3 Å². The zero-order chi connectivity index (χ0) is 18.2. The maximum absolute atomic E-state index is 11.1. The molecule has 0 aromatic heterocycles. The van der Waals surface area contributed by atoms with Crippen LogP contribution in [0.2, 0.25) is 0 Å². The van der Waals surface area contributed by atoms with Crippen molar-refractivity contribution in [2.45, 2.75) is 13.5 Å². The molecule has 4 heteroatoms. The number of amides is 1. The number of hydrogen-bond acceptors (Lipinski definition) is 3. The van der Waals surface area contributed by atoms with Gasteiger partial charge < -0.3 is 10.1 Å². The third-order valence-electron chi connectivity index (χ3n) is 3.70. The Balaban J connectivity index is 1.69. The lowest BCUT2D eigenvalue weighted by Crippen LogP contribution is -2.04. The minimum atomic E-state index is -0.0919. The fourth-order valence-electron chi connectivity index (χ4n) is 2.43. The van der Waals surface area contributed by atoms with Crippen molar-refractivity contribution >= 4 is 23.5 Å². The van der Waals surface area contributed by atoms with E-state index < -0.39 is 0 Å². The van der Waals surface area contributed by atoms with Crippen LogP contribution in [-0.4, -0.2) is 12.1 Å². The fourth-order valence-corrected chi connectivity index (χ4v) is 2.43. The number of carbonyl (C=O) groups excluding carboxylic acids is 1. The Morgan fingerprint density at radius 3 is 2.38 bits per heavy atom. The molecular formula is C22H20N2O2. The summed E-state index contributed by atoms with van der Waals surface area (Å²) in [6.45, 7) is 2.00. The number of benzene rings is 3. The van der Waals surface area contributed by atoms with E-state index in [2.05, 4.69) is 10.3 Å². The van der Waals surface area contributed by atoms with E-state index in [-0.39, 0.29) is 5.91 Å². The number of hydrogen-bond donors (Lipinski definition) is 1. The maximum Gasteiger partial charge on any atom is 0.221 e. The van der Waals surface area contributed by atoms with Gasteiger partial charge in [-0.3, -0.25) is 9.79 Å². The molecule has 0 aliphatic heterocycles. The molecule has 4 nitrogen and oxygen atoms in total. The molecular weight excluding hydrogens is 324 g/mol. The molecule has 1 N–H and O–H groups in total. The first-order chi connectivity index (χ1) is 12.7. The van der Waals surface area contributed by atoms with E-state index in [1.165, 1.54) is 6.92 Å². The van der Waals surface area contributed by atoms with E-state index in [0.29, 0.717) is 6.61 Å². The van der Waals surface area contributed by atoms with Crippen LogP contribution in [0.1, 0.15) is 18.1 Å². The zero-order valence-corrected chi connectivity index (χ0v) is 14.6. The SMILES string of the molecule is CC(=O)Nc1ccc(N=Cc2ccccc2OCc2ccccc2)cc1. The molecule has 130 valence electrons. The maximum atomic E-state index is 11.1. The first-order valence-corrected chi connectivity index (χ1v) is 8.38. The summed E-state index contributed by atoms with van der Waals surface area (Å²) in [6.07, 6.45) is 1.79. The van der Waals surface area contributed by atoms with Gasteiger partial charge in [0.05, 0.1) is 5.69 Å². The summed E-state index contributed by atoms with van der Waals surface area (Å²) in [4.78, 5) is 15.6. The molecule has 3 aromatic carbocycles. The highest BCUT2D eigenvalue weighted by atomic mass is 16.5. The second kappa shape index (κ2) is 8.62. The lowest BCUT2D eigenvalue weighted by atomic mass is 10.2. The summed E-state index contributed by atoms with van der Waals surface area (Å²) in [7, 11) is 0. The van der Waals surface area contributed by atoms with Crippen molar-refractivity contribution in [3.63, 3.8) is 0 Å². The van der Waals surface area contributed by atoms with Gasteiger partial charge in [-0.15, -0.1) is 0 Å². The minimum absolute atomic E-state index is 0.0919. The van der Waals surface area contributed by atoms with Crippen LogP contribution in [0, 0.1) is 0 Å². The van der Waals surface area contributed by atoms with Gasteiger partial charge in [0.1, 0.15) is 12.4 Å². The first-order valence-electron chi connectivity index (χ1n) is 8.38. The fraction of sp³-hybridized carbons (Fsp3) is 0.0909. The highest BCUT2D eigenvalue weighted by Crippen LogP contribution is 2.20. The van der Waals surface area contributed by atoms with Gasteiger partial charge in [-0.05, 0) is 42.0 Å². The second-order valence-electron chi connectivity index (χ2n) is 5.80. The molecule has 0 bridgehead atoms. The molecule has 0 heterocycles. The topological polar surface area (TPSA) is 50.7 Å². The molecule has 0 saturated heterocycles. The summed E-state index contributed by atoms with van der Waals surface area (Å²) in [5.74, 6) is 0.695. The molecule has 0 unspecified atom stereocenters. The molecule has 3 rings (SSSR count). The van der Waals surface area contributed by atoms with E-state index in [9.17, 15) is 4.79 Å². The number of nitrogens with one attached hydrogen (secondary N) is 1. The van der Waals surface area contributed by atoms with Gasteiger partial charge in [-0.1, -0.05) is 42.5 Å². The lowest BCUT2D eigenvalue weighted by molar-refractivity contribution is -0.114. The Labute approximate surface area is 153 Å². The lowest BCUT2D eigenvalue weighted by Gasteiger charge is -2.09. The Morgan fingerprint density at radius 2 is 1.65 bits per heavy atom. The van der Waals surface area contributed by atoms with Crippen LogP contribution in [-0.2, 0) is 11.4 Å². The molecule has 0 atom stereocenters. The first kappa shape index (κ1) is 17.4. The number of ether oxygens (including phenoxy) is 1. The summed E-state index contributed by atoms with van der Waals surface area (Å²) < 4.78 is 5.94. The van der Waals surface area contributed by atoms with Crippen molar-refractivity contribution in [3.8, 4) is 5.75 Å². The van der Waals surface area contributed by atoms with Gasteiger partial charge in [-0.2, -0.15) is 0 Å². The number of carbonyl (C=O) groups is 1. The number of anilines is 1. The average Bonchev–Trinajstić information content (AvgIpc) is 2.67. The Morgan fingerprint density at radius 1 is 0.962 bits per heavy atom. The standard InChI is InChI=1S/C22H20N2O2/c1-17(25)24-21-13-11-20(12-14-21)23-15-19-9-5-6-10-22(19)26-16-18-7-3-2-4-8-18/h2-15H,16H2,1H3,(H,24,25). The van der Waals surface area contributed by atoms with Crippen molar-refractivity contribution < 1.29 is 9.53 Å². The van der Waals surface area contributed by atoms with Crippen molar-refractivity contribution in [1.82, 2.24) is 0 Å². The molecule has 0 saturated carbocycles. The Hall–Kier alpha value is -3.40. The monoisotopic (exact) mass is 344 g/mol. The zero-order valence-electron chi connectivity index (χ0n) is 14.6. The third kappa shape index (κ3) is 5.05. The van der Waals surface area contributed by atoms with Gasteiger partial charge in [0.25, 0.3) is 0 Å². The minimum Gasteiger partial charge on any atom is -0.488 e. The molecule has 3 aromatic rings. The number of para-hydroxylation sites is 1. The predicted octanol–water partition coefficient (Wildman–Crippen LogP) is 4.97. The van der Waals surface area contributed by atoms with Crippen molar-refractivity contribution in [2.75, 3.05) is 5.32 Å². The van der Waals surface area contributed by atoms with Gasteiger partial charge in [0.2, 0.25) is 5.91 Å². The molecule has 26 heavy (non-hydrogen) atoms. The molecule has 1 amide bonds. The van der Waals surface area contributed by atoms with Gasteiger partial charge in [0.15, 0.2) is 0 Å². The van der Waals surface area contributed by atoms with Crippen LogP contribution in [0.3, 0.4) is 0 Å². The van der Waals surface area contributed by atoms with Crippen LogP contribution in [0.15, 0.2) is 83.9 Å². The number of aliphatic imine (C=N–C) groups is 1. The van der Waals surface area contributed by atoms with Crippen LogP contribution >= 0.6 is 0 Å². The molecule has 0 radical (unpaired) electrons. The third-order valence-corrected chi connectivity index (χ3v) is 3.70. The van der Waals surface area contributed by atoms with Crippen LogP contribution in [0.25, 0.3) is 0 Å². The summed E-state index contributed by atoms with van der Waals surface area (Å²) >= 11 is 0. The Kier molecular flexibility index (Phi) is 5.78. The summed E-state index contributed by atoms with van der Waals surface area (Å²) in [5.41, 5.74) is 3.59. The van der Waals surface area contributed by atoms with Crippen LogP contribution in [0.5, 0.6) is 5.75 Å². The molecule has 0 spiro atoms. The average molecular weight is 344 g/mol.